The number of likely N-dealkylation sites (tertiary alicyclic amines) is 1. The minimum atomic E-state index is -4.91. The fourth-order valence-electron chi connectivity index (χ4n) is 4.14. The first-order chi connectivity index (χ1) is 14.2. The summed E-state index contributed by atoms with van der Waals surface area (Å²) in [4.78, 5) is 43.2. The number of hydrogen-bond acceptors (Lipinski definition) is 6. The molecule has 1 aromatic heterocycles. The molecule has 3 heterocycles. The average molecular weight is 440 g/mol. The second kappa shape index (κ2) is 7.35. The highest BCUT2D eigenvalue weighted by Gasteiger charge is 2.43. The van der Waals surface area contributed by atoms with E-state index >= 15 is 0 Å². The van der Waals surface area contributed by atoms with Gasteiger partial charge in [0.1, 0.15) is 5.82 Å². The molecule has 0 spiro atoms. The SMILES string of the molecule is O=C(c1ccccc1S(=O)(=O)C(F)F)N1CC2CN(c3cc(=O)[nH]c(=O)[nH]3)CC2C1. The van der Waals surface area contributed by atoms with Crippen molar-refractivity contribution in [3.8, 4) is 0 Å². The van der Waals surface area contributed by atoms with Gasteiger partial charge in [0.2, 0.25) is 9.84 Å². The van der Waals surface area contributed by atoms with Gasteiger partial charge in [-0.1, -0.05) is 12.1 Å². The van der Waals surface area contributed by atoms with Crippen LogP contribution in [0.2, 0.25) is 0 Å². The Morgan fingerprint density at radius 2 is 1.67 bits per heavy atom. The van der Waals surface area contributed by atoms with Crippen LogP contribution in [0.25, 0.3) is 0 Å². The Hall–Kier alpha value is -3.02. The second-order valence-electron chi connectivity index (χ2n) is 7.41. The van der Waals surface area contributed by atoms with Gasteiger partial charge in [0, 0.05) is 44.1 Å². The summed E-state index contributed by atoms with van der Waals surface area (Å²) in [7, 11) is -4.91. The van der Waals surface area contributed by atoms with E-state index in [-0.39, 0.29) is 17.4 Å². The number of halogens is 2. The molecule has 160 valence electrons. The summed E-state index contributed by atoms with van der Waals surface area (Å²) in [5, 5.41) is 0. The molecular weight excluding hydrogens is 422 g/mol. The van der Waals surface area contributed by atoms with Crippen molar-refractivity contribution >= 4 is 21.6 Å². The molecule has 2 unspecified atom stereocenters. The lowest BCUT2D eigenvalue weighted by Gasteiger charge is -2.23. The van der Waals surface area contributed by atoms with Crippen LogP contribution in [0.4, 0.5) is 14.6 Å². The highest BCUT2D eigenvalue weighted by molar-refractivity contribution is 7.91. The minimum absolute atomic E-state index is 0.0376. The summed E-state index contributed by atoms with van der Waals surface area (Å²) in [6, 6.07) is 6.26. The van der Waals surface area contributed by atoms with Gasteiger partial charge in [0.25, 0.3) is 11.5 Å². The van der Waals surface area contributed by atoms with Crippen LogP contribution in [0.15, 0.2) is 44.8 Å². The molecule has 30 heavy (non-hydrogen) atoms. The van der Waals surface area contributed by atoms with Gasteiger partial charge in [0.05, 0.1) is 10.5 Å². The number of carbonyl (C=O) groups is 1. The van der Waals surface area contributed by atoms with Crippen molar-refractivity contribution in [2.75, 3.05) is 31.1 Å². The summed E-state index contributed by atoms with van der Waals surface area (Å²) in [6.45, 7) is 1.61. The van der Waals surface area contributed by atoms with E-state index in [0.29, 0.717) is 32.0 Å². The fourth-order valence-corrected chi connectivity index (χ4v) is 5.06. The zero-order valence-electron chi connectivity index (χ0n) is 15.5. The number of rotatable bonds is 4. The first kappa shape index (κ1) is 20.3. The van der Waals surface area contributed by atoms with Crippen molar-refractivity contribution in [3.05, 3.63) is 56.7 Å². The summed E-state index contributed by atoms with van der Waals surface area (Å²) in [5.74, 6) is -3.76. The van der Waals surface area contributed by atoms with Gasteiger partial charge >= 0.3 is 11.4 Å². The van der Waals surface area contributed by atoms with Crippen LogP contribution in [0.1, 0.15) is 10.4 Å². The number of nitrogens with one attached hydrogen (secondary N) is 2. The molecule has 2 aromatic rings. The molecule has 4 rings (SSSR count). The van der Waals surface area contributed by atoms with Crippen LogP contribution in [-0.2, 0) is 9.84 Å². The number of sulfone groups is 1. The van der Waals surface area contributed by atoms with Gasteiger partial charge in [-0.3, -0.25) is 19.6 Å². The second-order valence-corrected chi connectivity index (χ2v) is 9.30. The molecule has 2 atom stereocenters. The van der Waals surface area contributed by atoms with E-state index in [4.69, 9.17) is 0 Å². The Labute approximate surface area is 169 Å². The van der Waals surface area contributed by atoms with Gasteiger partial charge in [-0.05, 0) is 12.1 Å². The number of carbonyl (C=O) groups excluding carboxylic acids is 1. The monoisotopic (exact) mass is 440 g/mol. The predicted molar refractivity (Wildman–Crippen MR) is 102 cm³/mol. The van der Waals surface area contributed by atoms with Crippen molar-refractivity contribution in [2.45, 2.75) is 10.7 Å². The van der Waals surface area contributed by atoms with E-state index in [1.807, 2.05) is 4.90 Å². The van der Waals surface area contributed by atoms with Crippen molar-refractivity contribution in [1.29, 1.82) is 0 Å². The van der Waals surface area contributed by atoms with E-state index in [9.17, 15) is 31.6 Å². The molecule has 1 aromatic carbocycles. The molecule has 0 aliphatic carbocycles. The van der Waals surface area contributed by atoms with Crippen LogP contribution in [-0.4, -0.2) is 61.1 Å². The van der Waals surface area contributed by atoms with Gasteiger partial charge in [-0.2, -0.15) is 8.78 Å². The lowest BCUT2D eigenvalue weighted by molar-refractivity contribution is 0.0778. The molecule has 9 nitrogen and oxygen atoms in total. The standard InChI is InChI=1S/C18H18F2N4O5S/c19-17(20)30(28,29)13-4-2-1-3-12(13)16(26)24-8-10-6-23(7-11(10)9-24)14-5-15(25)22-18(27)21-14/h1-5,10-11,17H,6-9H2,(H2,21,22,25,27). The topological polar surface area (TPSA) is 123 Å². The quantitative estimate of drug-likeness (QED) is 0.704. The highest BCUT2D eigenvalue weighted by atomic mass is 32.2. The molecule has 2 aliphatic rings. The van der Waals surface area contributed by atoms with Crippen molar-refractivity contribution in [3.63, 3.8) is 0 Å². The number of aromatic nitrogens is 2. The Morgan fingerprint density at radius 3 is 2.27 bits per heavy atom. The summed E-state index contributed by atoms with van der Waals surface area (Å²) >= 11 is 0. The number of nitrogens with zero attached hydrogens (tertiary/aromatic N) is 2. The van der Waals surface area contributed by atoms with Crippen LogP contribution in [0.3, 0.4) is 0 Å². The molecule has 2 aliphatic heterocycles. The highest BCUT2D eigenvalue weighted by Crippen LogP contribution is 2.34. The molecule has 12 heteroatoms. The first-order valence-electron chi connectivity index (χ1n) is 9.16. The normalized spacial score (nSPS) is 21.3. The van der Waals surface area contributed by atoms with E-state index in [2.05, 4.69) is 9.97 Å². The number of alkyl halides is 2. The number of fused-ring (bicyclic) bond motifs is 1. The van der Waals surface area contributed by atoms with E-state index in [1.165, 1.54) is 29.2 Å². The molecule has 2 saturated heterocycles. The number of anilines is 1. The Bertz CT molecular complexity index is 1170. The third-order valence-electron chi connectivity index (χ3n) is 5.52. The van der Waals surface area contributed by atoms with Crippen molar-refractivity contribution < 1.29 is 22.0 Å². The maximum absolute atomic E-state index is 13.0. The van der Waals surface area contributed by atoms with Crippen molar-refractivity contribution in [2.24, 2.45) is 11.8 Å². The van der Waals surface area contributed by atoms with Gasteiger partial charge in [-0.15, -0.1) is 0 Å². The van der Waals surface area contributed by atoms with Gasteiger partial charge in [-0.25, -0.2) is 13.2 Å². The van der Waals surface area contributed by atoms with Crippen molar-refractivity contribution in [1.82, 2.24) is 14.9 Å². The fraction of sp³-hybridized carbons (Fsp3) is 0.389. The molecule has 2 N–H and O–H groups in total. The number of hydrogen-bond donors (Lipinski definition) is 2. The predicted octanol–water partition coefficient (Wildman–Crippen LogP) is 0.268. The molecule has 0 saturated carbocycles. The zero-order valence-corrected chi connectivity index (χ0v) is 16.4. The largest absolute Gasteiger partial charge is 0.357 e. The molecule has 0 radical (unpaired) electrons. The Morgan fingerprint density at radius 1 is 1.03 bits per heavy atom. The Balaban J connectivity index is 1.52. The summed E-state index contributed by atoms with van der Waals surface area (Å²) < 4.78 is 49.9. The van der Waals surface area contributed by atoms with E-state index in [0.717, 1.165) is 6.07 Å². The molecule has 2 fully saturated rings. The van der Waals surface area contributed by atoms with Gasteiger partial charge in [0.15, 0.2) is 0 Å². The van der Waals surface area contributed by atoms with E-state index < -0.39 is 37.6 Å². The number of aromatic amines is 2. The number of H-pyrrole nitrogens is 2. The summed E-state index contributed by atoms with van der Waals surface area (Å²) in [5.41, 5.74) is -1.39. The molecular formula is C18H18F2N4O5S. The third-order valence-corrected chi connectivity index (χ3v) is 6.96. The van der Waals surface area contributed by atoms with Crippen LogP contribution < -0.4 is 16.1 Å². The summed E-state index contributed by atoms with van der Waals surface area (Å²) in [6.07, 6.45) is 0. The Kier molecular flexibility index (Phi) is 4.96. The maximum atomic E-state index is 13.0. The number of amides is 1. The first-order valence-corrected chi connectivity index (χ1v) is 10.7. The third kappa shape index (κ3) is 3.51. The molecule has 0 bridgehead atoms. The number of benzene rings is 1. The zero-order chi connectivity index (χ0) is 21.6. The van der Waals surface area contributed by atoms with Crippen LogP contribution in [0.5, 0.6) is 0 Å². The lowest BCUT2D eigenvalue weighted by Crippen LogP contribution is -2.35. The average Bonchev–Trinajstić information content (AvgIpc) is 3.26. The minimum Gasteiger partial charge on any atom is -0.357 e. The van der Waals surface area contributed by atoms with Crippen LogP contribution in [0, 0.1) is 11.8 Å². The maximum Gasteiger partial charge on any atom is 0.341 e. The lowest BCUT2D eigenvalue weighted by atomic mass is 10.0. The van der Waals surface area contributed by atoms with Gasteiger partial charge < -0.3 is 9.80 Å². The molecule has 1 amide bonds. The van der Waals surface area contributed by atoms with Crippen LogP contribution >= 0.6 is 0 Å². The smallest absolute Gasteiger partial charge is 0.341 e. The van der Waals surface area contributed by atoms with E-state index in [1.54, 1.807) is 0 Å².